The zero-order valence-corrected chi connectivity index (χ0v) is 10.5. The fourth-order valence-electron chi connectivity index (χ4n) is 2.10. The van der Waals surface area contributed by atoms with E-state index < -0.39 is 17.9 Å². The number of amides is 3. The van der Waals surface area contributed by atoms with Crippen molar-refractivity contribution < 1.29 is 19.5 Å². The molecule has 1 rings (SSSR count). The highest BCUT2D eigenvalue weighted by atomic mass is 16.4. The summed E-state index contributed by atoms with van der Waals surface area (Å²) in [4.78, 5) is 35.0. The number of carbonyl (C=O) groups is 3. The van der Waals surface area contributed by atoms with E-state index in [0.717, 1.165) is 18.9 Å². The second kappa shape index (κ2) is 6.18. The minimum atomic E-state index is -1.22. The number of carboxylic acids is 1. The molecule has 0 bridgehead atoms. The quantitative estimate of drug-likeness (QED) is 0.735. The number of hydrogen-bond donors (Lipinski definition) is 2. The van der Waals surface area contributed by atoms with Gasteiger partial charge in [-0.3, -0.25) is 10.1 Å². The van der Waals surface area contributed by atoms with Gasteiger partial charge in [0.15, 0.2) is 0 Å². The van der Waals surface area contributed by atoms with Crippen LogP contribution in [0.1, 0.15) is 26.7 Å². The summed E-state index contributed by atoms with van der Waals surface area (Å²) in [5.74, 6) is -1.60. The lowest BCUT2D eigenvalue weighted by molar-refractivity contribution is -0.131. The van der Waals surface area contributed by atoms with E-state index >= 15 is 0 Å². The van der Waals surface area contributed by atoms with Crippen molar-refractivity contribution in [3.8, 4) is 0 Å². The first-order valence-corrected chi connectivity index (χ1v) is 5.94. The van der Waals surface area contributed by atoms with E-state index in [2.05, 4.69) is 5.32 Å². The highest BCUT2D eigenvalue weighted by Gasteiger charge is 2.31. The number of imide groups is 1. The molecule has 18 heavy (non-hydrogen) atoms. The van der Waals surface area contributed by atoms with Crippen molar-refractivity contribution in [2.45, 2.75) is 32.7 Å². The van der Waals surface area contributed by atoms with E-state index in [0.29, 0.717) is 18.5 Å². The van der Waals surface area contributed by atoms with Crippen LogP contribution >= 0.6 is 0 Å². The monoisotopic (exact) mass is 254 g/mol. The molecule has 0 aromatic heterocycles. The van der Waals surface area contributed by atoms with Gasteiger partial charge in [-0.25, -0.2) is 9.59 Å². The molecule has 0 aromatic carbocycles. The molecule has 1 aliphatic heterocycles. The van der Waals surface area contributed by atoms with Gasteiger partial charge in [0.05, 0.1) is 0 Å². The Kier molecular flexibility index (Phi) is 4.88. The van der Waals surface area contributed by atoms with Gasteiger partial charge in [-0.1, -0.05) is 13.8 Å². The van der Waals surface area contributed by atoms with Crippen molar-refractivity contribution in [2.24, 2.45) is 5.92 Å². The molecule has 6 nitrogen and oxygen atoms in total. The smallest absolute Gasteiger partial charge is 0.328 e. The molecule has 0 aliphatic carbocycles. The Morgan fingerprint density at radius 1 is 1.33 bits per heavy atom. The largest absolute Gasteiger partial charge is 0.478 e. The summed E-state index contributed by atoms with van der Waals surface area (Å²) in [6, 6.07) is -0.313. The summed E-state index contributed by atoms with van der Waals surface area (Å²) in [6.45, 7) is 4.69. The third-order valence-electron chi connectivity index (χ3n) is 2.94. The van der Waals surface area contributed by atoms with Crippen molar-refractivity contribution in [3.05, 3.63) is 12.2 Å². The van der Waals surface area contributed by atoms with Crippen molar-refractivity contribution in [2.75, 3.05) is 6.54 Å². The van der Waals surface area contributed by atoms with Crippen molar-refractivity contribution >= 4 is 17.9 Å². The predicted octanol–water partition coefficient (Wildman–Crippen LogP) is 0.984. The fraction of sp³-hybridized carbons (Fsp3) is 0.583. The van der Waals surface area contributed by atoms with Crippen LogP contribution in [0, 0.1) is 5.92 Å². The maximum absolute atomic E-state index is 11.8. The molecule has 6 heteroatoms. The standard InChI is InChI=1S/C12H18N2O4/c1-8(2)9-4-3-7-14(9)12(18)13-10(15)5-6-11(16)17/h5-6,8-9H,3-4,7H2,1-2H3,(H,16,17)(H,13,15,18)/b6-5+. The molecule has 1 saturated heterocycles. The van der Waals surface area contributed by atoms with E-state index in [9.17, 15) is 14.4 Å². The Morgan fingerprint density at radius 3 is 2.56 bits per heavy atom. The minimum absolute atomic E-state index is 0.140. The normalized spacial score (nSPS) is 19.5. The average molecular weight is 254 g/mol. The molecule has 0 aromatic rings. The third kappa shape index (κ3) is 3.87. The summed E-state index contributed by atoms with van der Waals surface area (Å²) >= 11 is 0. The van der Waals surface area contributed by atoms with Crippen molar-refractivity contribution in [1.29, 1.82) is 0 Å². The number of nitrogens with zero attached hydrogens (tertiary/aromatic N) is 1. The molecule has 1 heterocycles. The highest BCUT2D eigenvalue weighted by Crippen LogP contribution is 2.23. The van der Waals surface area contributed by atoms with E-state index in [1.165, 1.54) is 0 Å². The number of nitrogens with one attached hydrogen (secondary N) is 1. The zero-order valence-electron chi connectivity index (χ0n) is 10.5. The number of carboxylic acid groups (broad SMARTS) is 1. The molecule has 0 saturated carbocycles. The average Bonchev–Trinajstić information content (AvgIpc) is 2.75. The molecule has 1 atom stereocenters. The summed E-state index contributed by atoms with van der Waals surface area (Å²) < 4.78 is 0. The number of urea groups is 1. The zero-order chi connectivity index (χ0) is 13.7. The van der Waals surface area contributed by atoms with Crippen LogP contribution in [0.3, 0.4) is 0 Å². The van der Waals surface area contributed by atoms with Gasteiger partial charge in [0.1, 0.15) is 0 Å². The lowest BCUT2D eigenvalue weighted by Gasteiger charge is -2.27. The third-order valence-corrected chi connectivity index (χ3v) is 2.94. The van der Waals surface area contributed by atoms with Crippen LogP contribution in [0.4, 0.5) is 4.79 Å². The van der Waals surface area contributed by atoms with Gasteiger partial charge in [-0.15, -0.1) is 0 Å². The summed E-state index contributed by atoms with van der Waals surface area (Å²) in [7, 11) is 0. The molecule has 0 spiro atoms. The molecule has 1 fully saturated rings. The summed E-state index contributed by atoms with van der Waals surface area (Å²) in [5, 5.41) is 10.5. The highest BCUT2D eigenvalue weighted by molar-refractivity contribution is 6.02. The Morgan fingerprint density at radius 2 is 2.00 bits per heavy atom. The molecular weight excluding hydrogens is 236 g/mol. The fourth-order valence-corrected chi connectivity index (χ4v) is 2.10. The number of likely N-dealkylation sites (tertiary alicyclic amines) is 1. The first-order chi connectivity index (χ1) is 8.41. The van der Waals surface area contributed by atoms with Gasteiger partial charge in [-0.2, -0.15) is 0 Å². The maximum atomic E-state index is 11.8. The van der Waals surface area contributed by atoms with E-state index in [1.807, 2.05) is 13.8 Å². The first kappa shape index (κ1) is 14.2. The second-order valence-corrected chi connectivity index (χ2v) is 4.61. The summed E-state index contributed by atoms with van der Waals surface area (Å²) in [6.07, 6.45) is 3.40. The van der Waals surface area contributed by atoms with Crippen molar-refractivity contribution in [1.82, 2.24) is 10.2 Å². The number of carbonyl (C=O) groups excluding carboxylic acids is 2. The number of hydrogen-bond acceptors (Lipinski definition) is 3. The topological polar surface area (TPSA) is 86.7 Å². The molecule has 1 unspecified atom stereocenters. The predicted molar refractivity (Wildman–Crippen MR) is 64.9 cm³/mol. The van der Waals surface area contributed by atoms with Gasteiger partial charge >= 0.3 is 12.0 Å². The van der Waals surface area contributed by atoms with Crippen LogP contribution in [0.15, 0.2) is 12.2 Å². The van der Waals surface area contributed by atoms with Crippen molar-refractivity contribution in [3.63, 3.8) is 0 Å². The first-order valence-electron chi connectivity index (χ1n) is 5.94. The van der Waals surface area contributed by atoms with Crippen LogP contribution in [-0.2, 0) is 9.59 Å². The van der Waals surface area contributed by atoms with Crippen LogP contribution in [-0.4, -0.2) is 40.5 Å². The lowest BCUT2D eigenvalue weighted by Crippen LogP contribution is -2.46. The van der Waals surface area contributed by atoms with Crippen LogP contribution < -0.4 is 5.32 Å². The molecule has 3 amide bonds. The molecule has 100 valence electrons. The van der Waals surface area contributed by atoms with E-state index in [-0.39, 0.29) is 6.04 Å². The molecule has 2 N–H and O–H groups in total. The van der Waals surface area contributed by atoms with Gasteiger partial charge in [0.25, 0.3) is 5.91 Å². The maximum Gasteiger partial charge on any atom is 0.328 e. The Labute approximate surface area is 106 Å². The van der Waals surface area contributed by atoms with Crippen LogP contribution in [0.2, 0.25) is 0 Å². The number of rotatable bonds is 3. The Balaban J connectivity index is 2.55. The SMILES string of the molecule is CC(C)C1CCCN1C(=O)NC(=O)/C=C/C(=O)O. The lowest BCUT2D eigenvalue weighted by atomic mass is 10.0. The molecule has 0 radical (unpaired) electrons. The van der Waals surface area contributed by atoms with Gasteiger partial charge < -0.3 is 10.0 Å². The van der Waals surface area contributed by atoms with Crippen LogP contribution in [0.25, 0.3) is 0 Å². The molecular formula is C12H18N2O4. The molecule has 1 aliphatic rings. The van der Waals surface area contributed by atoms with Gasteiger partial charge in [-0.05, 0) is 18.8 Å². The van der Waals surface area contributed by atoms with Gasteiger partial charge in [0, 0.05) is 24.7 Å². The van der Waals surface area contributed by atoms with E-state index in [1.54, 1.807) is 4.90 Å². The summed E-state index contributed by atoms with van der Waals surface area (Å²) in [5.41, 5.74) is 0. The Hall–Kier alpha value is -1.85. The minimum Gasteiger partial charge on any atom is -0.478 e. The van der Waals surface area contributed by atoms with Gasteiger partial charge in [0.2, 0.25) is 0 Å². The number of aliphatic carboxylic acids is 1. The second-order valence-electron chi connectivity index (χ2n) is 4.61. The van der Waals surface area contributed by atoms with Crippen LogP contribution in [0.5, 0.6) is 0 Å². The Bertz CT molecular complexity index is 376. The van der Waals surface area contributed by atoms with E-state index in [4.69, 9.17) is 5.11 Å².